The fourth-order valence-electron chi connectivity index (χ4n) is 3.68. The van der Waals surface area contributed by atoms with Gasteiger partial charge in [0.2, 0.25) is 0 Å². The average molecular weight is 442 g/mol. The van der Waals surface area contributed by atoms with E-state index in [0.717, 1.165) is 11.1 Å². The predicted octanol–water partition coefficient (Wildman–Crippen LogP) is 4.32. The van der Waals surface area contributed by atoms with E-state index in [9.17, 15) is 9.59 Å². The van der Waals surface area contributed by atoms with Crippen molar-refractivity contribution in [3.05, 3.63) is 89.2 Å². The number of para-hydroxylation sites is 2. The Balaban J connectivity index is 1.26. The molecule has 0 aromatic heterocycles. The van der Waals surface area contributed by atoms with Crippen molar-refractivity contribution >= 4 is 23.6 Å². The summed E-state index contributed by atoms with van der Waals surface area (Å²) in [7, 11) is 0. The first-order valence-electron chi connectivity index (χ1n) is 10.7. The molecule has 3 aromatic rings. The van der Waals surface area contributed by atoms with Gasteiger partial charge in [-0.3, -0.25) is 9.59 Å². The zero-order chi connectivity index (χ0) is 22.8. The molecule has 2 N–H and O–H groups in total. The van der Waals surface area contributed by atoms with Gasteiger partial charge in [-0.05, 0) is 60.5 Å². The van der Waals surface area contributed by atoms with Crippen LogP contribution < -0.4 is 24.8 Å². The second kappa shape index (κ2) is 8.70. The third kappa shape index (κ3) is 4.39. The monoisotopic (exact) mass is 442 g/mol. The van der Waals surface area contributed by atoms with Crippen molar-refractivity contribution in [3.63, 3.8) is 0 Å². The lowest BCUT2D eigenvalue weighted by Gasteiger charge is -2.21. The van der Waals surface area contributed by atoms with E-state index in [2.05, 4.69) is 10.6 Å². The number of rotatable bonds is 4. The van der Waals surface area contributed by atoms with Gasteiger partial charge in [-0.15, -0.1) is 0 Å². The highest BCUT2D eigenvalue weighted by Crippen LogP contribution is 2.33. The van der Waals surface area contributed by atoms with Crippen LogP contribution in [0.3, 0.4) is 0 Å². The molecule has 2 aliphatic rings. The maximum Gasteiger partial charge on any atom is 0.291 e. The quantitative estimate of drug-likeness (QED) is 0.588. The highest BCUT2D eigenvalue weighted by atomic mass is 16.6. The van der Waals surface area contributed by atoms with Gasteiger partial charge in [0.15, 0.2) is 23.0 Å². The lowest BCUT2D eigenvalue weighted by molar-refractivity contribution is -0.115. The van der Waals surface area contributed by atoms with Crippen molar-refractivity contribution in [2.75, 3.05) is 18.5 Å². The molecular formula is C26H22N2O5. The summed E-state index contributed by atoms with van der Waals surface area (Å²) in [5.41, 5.74) is 2.82. The maximum atomic E-state index is 12.7. The van der Waals surface area contributed by atoms with E-state index in [4.69, 9.17) is 14.2 Å². The van der Waals surface area contributed by atoms with E-state index >= 15 is 0 Å². The fourth-order valence-corrected chi connectivity index (χ4v) is 3.68. The SMILES string of the molecule is CC(NC(=O)c1ccc(C=C2Oc3ccccc3NC2=O)cc1)c1ccc2c(c1)OCCO2. The minimum Gasteiger partial charge on any atom is -0.486 e. The number of hydrogen-bond donors (Lipinski definition) is 2. The summed E-state index contributed by atoms with van der Waals surface area (Å²) in [6.07, 6.45) is 1.64. The minimum absolute atomic E-state index is 0.193. The van der Waals surface area contributed by atoms with Crippen LogP contribution in [0.25, 0.3) is 6.08 Å². The lowest BCUT2D eigenvalue weighted by atomic mass is 10.1. The first-order valence-corrected chi connectivity index (χ1v) is 10.7. The van der Waals surface area contributed by atoms with Crippen molar-refractivity contribution in [1.29, 1.82) is 0 Å². The molecule has 0 radical (unpaired) electrons. The summed E-state index contributed by atoms with van der Waals surface area (Å²) in [6.45, 7) is 2.97. The van der Waals surface area contributed by atoms with Gasteiger partial charge in [0, 0.05) is 5.56 Å². The molecule has 0 saturated carbocycles. The standard InChI is InChI=1S/C26H22N2O5/c1-16(19-10-11-22-23(15-19)32-13-12-31-22)27-25(29)18-8-6-17(7-9-18)14-24-26(30)28-20-4-2-3-5-21(20)33-24/h2-11,14-16H,12-13H2,1H3,(H,27,29)(H,28,30). The summed E-state index contributed by atoms with van der Waals surface area (Å²) in [5, 5.41) is 5.80. The van der Waals surface area contributed by atoms with E-state index < -0.39 is 0 Å². The number of benzene rings is 3. The number of anilines is 1. The molecule has 2 aliphatic heterocycles. The molecule has 3 aromatic carbocycles. The summed E-state index contributed by atoms with van der Waals surface area (Å²) < 4.78 is 16.9. The Morgan fingerprint density at radius 2 is 1.73 bits per heavy atom. The van der Waals surface area contributed by atoms with Crippen molar-refractivity contribution in [2.24, 2.45) is 0 Å². The fraction of sp³-hybridized carbons (Fsp3) is 0.154. The van der Waals surface area contributed by atoms with Crippen LogP contribution in [0.2, 0.25) is 0 Å². The molecule has 33 heavy (non-hydrogen) atoms. The second-order valence-electron chi connectivity index (χ2n) is 7.78. The van der Waals surface area contributed by atoms with Gasteiger partial charge in [0.1, 0.15) is 13.2 Å². The highest BCUT2D eigenvalue weighted by molar-refractivity contribution is 6.08. The van der Waals surface area contributed by atoms with Crippen molar-refractivity contribution in [1.82, 2.24) is 5.32 Å². The molecule has 1 unspecified atom stereocenters. The van der Waals surface area contributed by atoms with E-state index in [-0.39, 0.29) is 23.6 Å². The molecule has 5 rings (SSSR count). The van der Waals surface area contributed by atoms with E-state index in [1.165, 1.54) is 0 Å². The van der Waals surface area contributed by atoms with Gasteiger partial charge in [0.25, 0.3) is 11.8 Å². The van der Waals surface area contributed by atoms with Crippen LogP contribution >= 0.6 is 0 Å². The number of hydrogen-bond acceptors (Lipinski definition) is 5. The number of fused-ring (bicyclic) bond motifs is 2. The average Bonchev–Trinajstić information content (AvgIpc) is 2.84. The molecule has 0 fully saturated rings. The number of amides is 2. The molecule has 0 saturated heterocycles. The molecule has 0 bridgehead atoms. The molecule has 166 valence electrons. The lowest BCUT2D eigenvalue weighted by Crippen LogP contribution is -2.26. The molecule has 2 heterocycles. The van der Waals surface area contributed by atoms with Gasteiger partial charge in [-0.25, -0.2) is 0 Å². The van der Waals surface area contributed by atoms with Gasteiger partial charge in [-0.2, -0.15) is 0 Å². The summed E-state index contributed by atoms with van der Waals surface area (Å²) in [5.74, 6) is 1.67. The van der Waals surface area contributed by atoms with Gasteiger partial charge < -0.3 is 24.8 Å². The van der Waals surface area contributed by atoms with Crippen LogP contribution in [0.15, 0.2) is 72.5 Å². The van der Waals surface area contributed by atoms with E-state index in [1.807, 2.05) is 37.3 Å². The zero-order valence-electron chi connectivity index (χ0n) is 18.0. The first kappa shape index (κ1) is 20.6. The Hall–Kier alpha value is -4.26. The van der Waals surface area contributed by atoms with Gasteiger partial charge in [0.05, 0.1) is 11.7 Å². The smallest absolute Gasteiger partial charge is 0.291 e. The molecular weight excluding hydrogens is 420 g/mol. The largest absolute Gasteiger partial charge is 0.486 e. The number of carbonyl (C=O) groups is 2. The zero-order valence-corrected chi connectivity index (χ0v) is 18.0. The molecule has 2 amide bonds. The van der Waals surface area contributed by atoms with Crippen LogP contribution in [0.4, 0.5) is 5.69 Å². The van der Waals surface area contributed by atoms with Gasteiger partial charge in [-0.1, -0.05) is 30.3 Å². The Kier molecular flexibility index (Phi) is 5.44. The Morgan fingerprint density at radius 3 is 2.55 bits per heavy atom. The Morgan fingerprint density at radius 1 is 0.970 bits per heavy atom. The molecule has 0 spiro atoms. The van der Waals surface area contributed by atoms with Crippen LogP contribution in [-0.4, -0.2) is 25.0 Å². The second-order valence-corrected chi connectivity index (χ2v) is 7.78. The third-order valence-corrected chi connectivity index (χ3v) is 5.46. The predicted molar refractivity (Wildman–Crippen MR) is 123 cm³/mol. The molecule has 7 nitrogen and oxygen atoms in total. The van der Waals surface area contributed by atoms with Crippen molar-refractivity contribution < 1.29 is 23.8 Å². The highest BCUT2D eigenvalue weighted by Gasteiger charge is 2.21. The maximum absolute atomic E-state index is 12.7. The van der Waals surface area contributed by atoms with Crippen LogP contribution in [-0.2, 0) is 4.79 Å². The summed E-state index contributed by atoms with van der Waals surface area (Å²) in [6, 6.07) is 19.7. The Labute approximate surface area is 191 Å². The summed E-state index contributed by atoms with van der Waals surface area (Å²) >= 11 is 0. The minimum atomic E-state index is -0.316. The molecule has 0 aliphatic carbocycles. The number of ether oxygens (including phenoxy) is 3. The van der Waals surface area contributed by atoms with E-state index in [0.29, 0.717) is 41.7 Å². The third-order valence-electron chi connectivity index (χ3n) is 5.46. The normalized spacial score (nSPS) is 16.3. The Bertz CT molecular complexity index is 1250. The van der Waals surface area contributed by atoms with Crippen LogP contribution in [0, 0.1) is 0 Å². The number of nitrogens with one attached hydrogen (secondary N) is 2. The van der Waals surface area contributed by atoms with Crippen LogP contribution in [0.5, 0.6) is 17.2 Å². The van der Waals surface area contributed by atoms with E-state index in [1.54, 1.807) is 42.5 Å². The van der Waals surface area contributed by atoms with Crippen molar-refractivity contribution in [3.8, 4) is 17.2 Å². The first-order chi connectivity index (χ1) is 16.1. The molecule has 1 atom stereocenters. The summed E-state index contributed by atoms with van der Waals surface area (Å²) in [4.78, 5) is 25.0. The van der Waals surface area contributed by atoms with Gasteiger partial charge >= 0.3 is 0 Å². The topological polar surface area (TPSA) is 85.9 Å². The molecule has 7 heteroatoms. The van der Waals surface area contributed by atoms with Crippen LogP contribution in [0.1, 0.15) is 34.5 Å². The van der Waals surface area contributed by atoms with Crippen molar-refractivity contribution in [2.45, 2.75) is 13.0 Å². The number of carbonyl (C=O) groups excluding carboxylic acids is 2.